The number of thiazole rings is 1. The molecule has 186 valence electrons. The van der Waals surface area contributed by atoms with Gasteiger partial charge in [0.2, 0.25) is 10.0 Å². The number of aryl methyl sites for hydroxylation is 1. The van der Waals surface area contributed by atoms with Crippen molar-refractivity contribution in [2.45, 2.75) is 44.6 Å². The Morgan fingerprint density at radius 3 is 2.43 bits per heavy atom. The summed E-state index contributed by atoms with van der Waals surface area (Å²) in [5, 5.41) is 0.538. The molecule has 0 atom stereocenters. The van der Waals surface area contributed by atoms with E-state index in [2.05, 4.69) is 4.99 Å². The molecule has 1 saturated heterocycles. The number of aromatic nitrogens is 1. The van der Waals surface area contributed by atoms with Crippen molar-refractivity contribution < 1.29 is 22.7 Å². The number of fused-ring (bicyclic) bond motifs is 1. The molecule has 1 aromatic heterocycles. The zero-order valence-corrected chi connectivity index (χ0v) is 21.9. The fourth-order valence-electron chi connectivity index (χ4n) is 4.06. The number of carbonyl (C=O) groups is 2. The predicted octanol–water partition coefficient (Wildman–Crippen LogP) is 4.14. The highest BCUT2D eigenvalue weighted by Gasteiger charge is 2.26. The molecule has 2 aromatic carbocycles. The van der Waals surface area contributed by atoms with Crippen LogP contribution in [0.1, 0.15) is 42.1 Å². The molecule has 0 unspecified atom stereocenters. The Kier molecular flexibility index (Phi) is 7.75. The molecule has 1 aliphatic heterocycles. The summed E-state index contributed by atoms with van der Waals surface area (Å²) in [5.74, 6) is -0.993. The molecule has 35 heavy (non-hydrogen) atoms. The number of carbonyl (C=O) groups excluding carboxylic acids is 2. The Hall–Kier alpha value is -2.53. The number of esters is 1. The number of rotatable bonds is 6. The van der Waals surface area contributed by atoms with Crippen molar-refractivity contribution in [2.24, 2.45) is 4.99 Å². The third kappa shape index (κ3) is 5.35. The van der Waals surface area contributed by atoms with Gasteiger partial charge in [0.25, 0.3) is 5.91 Å². The normalized spacial score (nSPS) is 15.5. The average molecular weight is 536 g/mol. The standard InChI is InChI=1S/C24H26ClN3O5S2/c1-3-33-21(29)15-28-22-16(2)19(25)11-12-20(22)34-24(28)26-23(30)17-7-9-18(10-8-17)35(31,32)27-13-5-4-6-14-27/h7-12H,3-6,13-15H2,1-2H3. The van der Waals surface area contributed by atoms with E-state index in [1.165, 1.54) is 39.9 Å². The van der Waals surface area contributed by atoms with Crippen molar-refractivity contribution in [3.63, 3.8) is 0 Å². The van der Waals surface area contributed by atoms with E-state index < -0.39 is 21.9 Å². The summed E-state index contributed by atoms with van der Waals surface area (Å²) in [6.45, 7) is 4.70. The average Bonchev–Trinajstić information content (AvgIpc) is 3.19. The SMILES string of the molecule is CCOC(=O)Cn1c(=NC(=O)c2ccc(S(=O)(=O)N3CCCCC3)cc2)sc2ccc(Cl)c(C)c21. The van der Waals surface area contributed by atoms with Gasteiger partial charge < -0.3 is 9.30 Å². The molecule has 1 amide bonds. The molecule has 0 aliphatic carbocycles. The molecule has 2 heterocycles. The van der Waals surface area contributed by atoms with Gasteiger partial charge in [0.1, 0.15) is 6.54 Å². The van der Waals surface area contributed by atoms with Crippen LogP contribution < -0.4 is 4.80 Å². The maximum atomic E-state index is 13.0. The number of piperidine rings is 1. The Morgan fingerprint density at radius 2 is 1.77 bits per heavy atom. The smallest absolute Gasteiger partial charge is 0.326 e. The predicted molar refractivity (Wildman–Crippen MR) is 135 cm³/mol. The van der Waals surface area contributed by atoms with Gasteiger partial charge in [-0.1, -0.05) is 29.4 Å². The second-order valence-electron chi connectivity index (χ2n) is 8.20. The van der Waals surface area contributed by atoms with Crippen LogP contribution >= 0.6 is 22.9 Å². The fourth-order valence-corrected chi connectivity index (χ4v) is 6.82. The Morgan fingerprint density at radius 1 is 1.09 bits per heavy atom. The number of halogens is 1. The van der Waals surface area contributed by atoms with Crippen molar-refractivity contribution in [3.8, 4) is 0 Å². The molecular formula is C24H26ClN3O5S2. The van der Waals surface area contributed by atoms with Crippen LogP contribution in [0.15, 0.2) is 46.3 Å². The van der Waals surface area contributed by atoms with Gasteiger partial charge in [0, 0.05) is 23.7 Å². The number of benzene rings is 2. The Bertz CT molecular complexity index is 1440. The molecular weight excluding hydrogens is 510 g/mol. The largest absolute Gasteiger partial charge is 0.465 e. The monoisotopic (exact) mass is 535 g/mol. The molecule has 8 nitrogen and oxygen atoms in total. The third-order valence-corrected chi connectivity index (χ3v) is 9.24. The van der Waals surface area contributed by atoms with Crippen LogP contribution in [0.4, 0.5) is 0 Å². The Labute approximate surface area is 212 Å². The molecule has 0 bridgehead atoms. The second kappa shape index (κ2) is 10.6. The first kappa shape index (κ1) is 25.6. The van der Waals surface area contributed by atoms with Gasteiger partial charge in [-0.3, -0.25) is 9.59 Å². The zero-order valence-electron chi connectivity index (χ0n) is 19.5. The molecule has 4 rings (SSSR count). The van der Waals surface area contributed by atoms with E-state index in [-0.39, 0.29) is 23.6 Å². The molecule has 0 spiro atoms. The summed E-state index contributed by atoms with van der Waals surface area (Å²) in [5.41, 5.74) is 1.73. The number of sulfonamides is 1. The van der Waals surface area contributed by atoms with E-state index in [1.807, 2.05) is 13.0 Å². The number of hydrogen-bond acceptors (Lipinski definition) is 6. The minimum absolute atomic E-state index is 0.117. The lowest BCUT2D eigenvalue weighted by atomic mass is 10.2. The van der Waals surface area contributed by atoms with Crippen molar-refractivity contribution in [3.05, 3.63) is 57.3 Å². The van der Waals surface area contributed by atoms with Gasteiger partial charge in [-0.15, -0.1) is 0 Å². The first-order valence-electron chi connectivity index (χ1n) is 11.4. The number of nitrogens with zero attached hydrogens (tertiary/aromatic N) is 3. The first-order valence-corrected chi connectivity index (χ1v) is 14.0. The highest BCUT2D eigenvalue weighted by Crippen LogP contribution is 2.27. The van der Waals surface area contributed by atoms with E-state index in [4.69, 9.17) is 16.3 Å². The van der Waals surface area contributed by atoms with Gasteiger partial charge in [-0.25, -0.2) is 8.42 Å². The highest BCUT2D eigenvalue weighted by atomic mass is 35.5. The molecule has 0 N–H and O–H groups in total. The zero-order chi connectivity index (χ0) is 25.2. The number of amides is 1. The summed E-state index contributed by atoms with van der Waals surface area (Å²) in [6, 6.07) is 9.39. The van der Waals surface area contributed by atoms with E-state index in [0.717, 1.165) is 29.5 Å². The Balaban J connectivity index is 1.69. The summed E-state index contributed by atoms with van der Waals surface area (Å²) < 4.78 is 34.8. The van der Waals surface area contributed by atoms with Crippen LogP contribution in [-0.2, 0) is 26.1 Å². The van der Waals surface area contributed by atoms with E-state index >= 15 is 0 Å². The number of ether oxygens (including phenoxy) is 1. The van der Waals surface area contributed by atoms with Crippen molar-refractivity contribution >= 4 is 55.1 Å². The summed E-state index contributed by atoms with van der Waals surface area (Å²) in [7, 11) is -3.59. The van der Waals surface area contributed by atoms with Crippen LogP contribution in [0.3, 0.4) is 0 Å². The quantitative estimate of drug-likeness (QED) is 0.442. The summed E-state index contributed by atoms with van der Waals surface area (Å²) in [6.07, 6.45) is 2.72. The molecule has 11 heteroatoms. The lowest BCUT2D eigenvalue weighted by molar-refractivity contribution is -0.143. The fraction of sp³-hybridized carbons (Fsp3) is 0.375. The molecule has 1 fully saturated rings. The lowest BCUT2D eigenvalue weighted by Crippen LogP contribution is -2.35. The van der Waals surface area contributed by atoms with Gasteiger partial charge in [0.05, 0.1) is 21.7 Å². The maximum Gasteiger partial charge on any atom is 0.326 e. The minimum Gasteiger partial charge on any atom is -0.465 e. The van der Waals surface area contributed by atoms with Gasteiger partial charge >= 0.3 is 5.97 Å². The van der Waals surface area contributed by atoms with E-state index in [1.54, 1.807) is 17.6 Å². The third-order valence-electron chi connectivity index (χ3n) is 5.87. The van der Waals surface area contributed by atoms with Gasteiger partial charge in [-0.2, -0.15) is 9.30 Å². The molecule has 1 aliphatic rings. The highest BCUT2D eigenvalue weighted by molar-refractivity contribution is 7.89. The van der Waals surface area contributed by atoms with E-state index in [0.29, 0.717) is 28.4 Å². The molecule has 0 saturated carbocycles. The van der Waals surface area contributed by atoms with Crippen LogP contribution in [0.25, 0.3) is 10.2 Å². The second-order valence-corrected chi connectivity index (χ2v) is 11.6. The summed E-state index contributed by atoms with van der Waals surface area (Å²) >= 11 is 7.56. The lowest BCUT2D eigenvalue weighted by Gasteiger charge is -2.25. The number of hydrogen-bond donors (Lipinski definition) is 0. The minimum atomic E-state index is -3.59. The van der Waals surface area contributed by atoms with E-state index in [9.17, 15) is 18.0 Å². The van der Waals surface area contributed by atoms with Crippen LogP contribution in [0, 0.1) is 6.92 Å². The van der Waals surface area contributed by atoms with Crippen LogP contribution in [-0.4, -0.2) is 48.9 Å². The molecule has 3 aromatic rings. The van der Waals surface area contributed by atoms with Gasteiger partial charge in [0.15, 0.2) is 4.80 Å². The van der Waals surface area contributed by atoms with Crippen LogP contribution in [0.5, 0.6) is 0 Å². The van der Waals surface area contributed by atoms with Crippen LogP contribution in [0.2, 0.25) is 5.02 Å². The van der Waals surface area contributed by atoms with Crippen molar-refractivity contribution in [2.75, 3.05) is 19.7 Å². The maximum absolute atomic E-state index is 13.0. The first-order chi connectivity index (χ1) is 16.7. The van der Waals surface area contributed by atoms with Gasteiger partial charge in [-0.05, 0) is 68.7 Å². The molecule has 0 radical (unpaired) electrons. The topological polar surface area (TPSA) is 98.0 Å². The van der Waals surface area contributed by atoms with Crippen molar-refractivity contribution in [1.82, 2.24) is 8.87 Å². The summed E-state index contributed by atoms with van der Waals surface area (Å²) in [4.78, 5) is 30.0. The van der Waals surface area contributed by atoms with Crippen molar-refractivity contribution in [1.29, 1.82) is 0 Å².